The molecule has 1 aliphatic carbocycles. The Balaban J connectivity index is 1.56. The van der Waals surface area contributed by atoms with Gasteiger partial charge in [0.05, 0.1) is 5.41 Å². The van der Waals surface area contributed by atoms with Crippen LogP contribution in [0.2, 0.25) is 0 Å². The summed E-state index contributed by atoms with van der Waals surface area (Å²) in [5.41, 5.74) is 4.82. The molecule has 3 nitrogen and oxygen atoms in total. The lowest BCUT2D eigenvalue weighted by Crippen LogP contribution is -2.50. The fourth-order valence-electron chi connectivity index (χ4n) is 4.91. The van der Waals surface area contributed by atoms with E-state index in [0.717, 1.165) is 38.3 Å². The molecule has 1 heterocycles. The van der Waals surface area contributed by atoms with Gasteiger partial charge in [0.15, 0.2) is 0 Å². The summed E-state index contributed by atoms with van der Waals surface area (Å²) in [7, 11) is 3.81. The standard InChI is InChI=1S/C26H34N2O/c1-20-7-4-5-10-24(20)23-9-6-8-22(17-23)18-26(25(29)27(2)3)13-15-28(16-14-26)19-21-11-12-21/h4-10,17,21H,11-16,18-19H2,1-3H3. The molecule has 2 aromatic rings. The Morgan fingerprint density at radius 3 is 2.45 bits per heavy atom. The smallest absolute Gasteiger partial charge is 0.228 e. The minimum Gasteiger partial charge on any atom is -0.348 e. The second kappa shape index (κ2) is 8.31. The molecule has 0 spiro atoms. The van der Waals surface area contributed by atoms with Gasteiger partial charge in [0.2, 0.25) is 5.91 Å². The van der Waals surface area contributed by atoms with E-state index in [-0.39, 0.29) is 5.41 Å². The van der Waals surface area contributed by atoms with Gasteiger partial charge in [0, 0.05) is 20.6 Å². The summed E-state index contributed by atoms with van der Waals surface area (Å²) in [6.07, 6.45) is 5.55. The van der Waals surface area contributed by atoms with Gasteiger partial charge >= 0.3 is 0 Å². The number of hydrogen-bond acceptors (Lipinski definition) is 2. The molecule has 1 saturated carbocycles. The zero-order chi connectivity index (χ0) is 20.4. The van der Waals surface area contributed by atoms with E-state index in [1.165, 1.54) is 41.6 Å². The van der Waals surface area contributed by atoms with Crippen LogP contribution in [-0.2, 0) is 11.2 Å². The molecule has 1 aliphatic heterocycles. The third-order valence-electron chi connectivity index (χ3n) is 6.81. The Hall–Kier alpha value is -2.13. The molecule has 0 aromatic heterocycles. The van der Waals surface area contributed by atoms with Crippen molar-refractivity contribution in [1.29, 1.82) is 0 Å². The Bertz CT molecular complexity index is 861. The van der Waals surface area contributed by atoms with Crippen LogP contribution in [0.15, 0.2) is 48.5 Å². The van der Waals surface area contributed by atoms with Crippen molar-refractivity contribution in [2.75, 3.05) is 33.7 Å². The molecular formula is C26H34N2O. The van der Waals surface area contributed by atoms with Crippen molar-refractivity contribution >= 4 is 5.91 Å². The Kier molecular flexibility index (Phi) is 5.78. The van der Waals surface area contributed by atoms with Crippen LogP contribution in [0.1, 0.15) is 36.8 Å². The first-order valence-corrected chi connectivity index (χ1v) is 11.1. The summed E-state index contributed by atoms with van der Waals surface area (Å²) >= 11 is 0. The normalized spacial score (nSPS) is 19.1. The second-order valence-corrected chi connectivity index (χ2v) is 9.42. The highest BCUT2D eigenvalue weighted by Gasteiger charge is 2.42. The van der Waals surface area contributed by atoms with Crippen LogP contribution >= 0.6 is 0 Å². The van der Waals surface area contributed by atoms with Crippen LogP contribution in [0.25, 0.3) is 11.1 Å². The van der Waals surface area contributed by atoms with Crippen LogP contribution in [0, 0.1) is 18.3 Å². The highest BCUT2D eigenvalue weighted by molar-refractivity contribution is 5.83. The Labute approximate surface area is 175 Å². The maximum atomic E-state index is 13.3. The van der Waals surface area contributed by atoms with E-state index >= 15 is 0 Å². The number of carbonyl (C=O) groups is 1. The molecular weight excluding hydrogens is 356 g/mol. The third-order valence-corrected chi connectivity index (χ3v) is 6.81. The molecule has 0 radical (unpaired) electrons. The molecule has 0 bridgehead atoms. The number of hydrogen-bond donors (Lipinski definition) is 0. The minimum absolute atomic E-state index is 0.270. The predicted octanol–water partition coefficient (Wildman–Crippen LogP) is 4.78. The summed E-state index contributed by atoms with van der Waals surface area (Å²) in [6.45, 7) is 5.49. The Morgan fingerprint density at radius 1 is 1.07 bits per heavy atom. The van der Waals surface area contributed by atoms with Gasteiger partial charge in [-0.2, -0.15) is 0 Å². The van der Waals surface area contributed by atoms with Crippen LogP contribution < -0.4 is 0 Å². The quantitative estimate of drug-likeness (QED) is 0.708. The average molecular weight is 391 g/mol. The highest BCUT2D eigenvalue weighted by atomic mass is 16.2. The molecule has 1 amide bonds. The zero-order valence-corrected chi connectivity index (χ0v) is 18.2. The monoisotopic (exact) mass is 390 g/mol. The lowest BCUT2D eigenvalue weighted by atomic mass is 9.72. The predicted molar refractivity (Wildman–Crippen MR) is 120 cm³/mol. The molecule has 3 heteroatoms. The van der Waals surface area contributed by atoms with Crippen molar-refractivity contribution in [2.24, 2.45) is 11.3 Å². The SMILES string of the molecule is Cc1ccccc1-c1cccc(CC2(C(=O)N(C)C)CCN(CC3CC3)CC2)c1. The van der Waals surface area contributed by atoms with Gasteiger partial charge in [-0.1, -0.05) is 48.5 Å². The van der Waals surface area contributed by atoms with Crippen molar-refractivity contribution in [3.05, 3.63) is 59.7 Å². The summed E-state index contributed by atoms with van der Waals surface area (Å²) < 4.78 is 0. The fraction of sp³-hybridized carbons (Fsp3) is 0.500. The van der Waals surface area contributed by atoms with E-state index < -0.39 is 0 Å². The minimum atomic E-state index is -0.270. The zero-order valence-electron chi connectivity index (χ0n) is 18.2. The molecule has 0 unspecified atom stereocenters. The Morgan fingerprint density at radius 2 is 1.79 bits per heavy atom. The summed E-state index contributed by atoms with van der Waals surface area (Å²) in [5.74, 6) is 1.21. The van der Waals surface area contributed by atoms with Crippen molar-refractivity contribution in [3.8, 4) is 11.1 Å². The van der Waals surface area contributed by atoms with Crippen molar-refractivity contribution in [2.45, 2.75) is 39.0 Å². The van der Waals surface area contributed by atoms with E-state index in [2.05, 4.69) is 60.4 Å². The average Bonchev–Trinajstić information content (AvgIpc) is 3.53. The molecule has 2 aromatic carbocycles. The van der Waals surface area contributed by atoms with Crippen LogP contribution in [0.4, 0.5) is 0 Å². The number of piperidine rings is 1. The molecule has 0 N–H and O–H groups in total. The topological polar surface area (TPSA) is 23.6 Å². The summed E-state index contributed by atoms with van der Waals surface area (Å²) in [4.78, 5) is 17.7. The fourth-order valence-corrected chi connectivity index (χ4v) is 4.91. The second-order valence-electron chi connectivity index (χ2n) is 9.42. The van der Waals surface area contributed by atoms with E-state index in [0.29, 0.717) is 5.91 Å². The van der Waals surface area contributed by atoms with E-state index in [1.54, 1.807) is 0 Å². The van der Waals surface area contributed by atoms with E-state index in [1.807, 2.05) is 19.0 Å². The van der Waals surface area contributed by atoms with Gasteiger partial charge in [0.25, 0.3) is 0 Å². The lowest BCUT2D eigenvalue weighted by Gasteiger charge is -2.42. The molecule has 2 aliphatic rings. The number of likely N-dealkylation sites (tertiary alicyclic amines) is 1. The maximum absolute atomic E-state index is 13.3. The van der Waals surface area contributed by atoms with Crippen LogP contribution in [0.3, 0.4) is 0 Å². The number of carbonyl (C=O) groups excluding carboxylic acids is 1. The van der Waals surface area contributed by atoms with Gasteiger partial charge < -0.3 is 9.80 Å². The molecule has 29 heavy (non-hydrogen) atoms. The molecule has 4 rings (SSSR count). The molecule has 154 valence electrons. The first-order chi connectivity index (χ1) is 14.0. The highest BCUT2D eigenvalue weighted by Crippen LogP contribution is 2.39. The van der Waals surface area contributed by atoms with Gasteiger partial charge in [0.1, 0.15) is 0 Å². The summed E-state index contributed by atoms with van der Waals surface area (Å²) in [5, 5.41) is 0. The lowest BCUT2D eigenvalue weighted by molar-refractivity contribution is -0.142. The number of aryl methyl sites for hydroxylation is 1. The molecule has 0 atom stereocenters. The van der Waals surface area contributed by atoms with Crippen molar-refractivity contribution in [1.82, 2.24) is 9.80 Å². The van der Waals surface area contributed by atoms with Crippen LogP contribution in [0.5, 0.6) is 0 Å². The molecule has 2 fully saturated rings. The summed E-state index contributed by atoms with van der Waals surface area (Å²) in [6, 6.07) is 17.4. The van der Waals surface area contributed by atoms with Gasteiger partial charge in [-0.15, -0.1) is 0 Å². The molecule has 1 saturated heterocycles. The number of benzene rings is 2. The number of amides is 1. The van der Waals surface area contributed by atoms with Gasteiger partial charge in [-0.05, 0) is 80.3 Å². The first-order valence-electron chi connectivity index (χ1n) is 11.1. The van der Waals surface area contributed by atoms with E-state index in [4.69, 9.17) is 0 Å². The van der Waals surface area contributed by atoms with Crippen molar-refractivity contribution < 1.29 is 4.79 Å². The maximum Gasteiger partial charge on any atom is 0.228 e. The van der Waals surface area contributed by atoms with Gasteiger partial charge in [-0.25, -0.2) is 0 Å². The largest absolute Gasteiger partial charge is 0.348 e. The number of rotatable bonds is 6. The first kappa shape index (κ1) is 20.2. The third kappa shape index (κ3) is 4.56. The van der Waals surface area contributed by atoms with Crippen LogP contribution in [-0.4, -0.2) is 49.4 Å². The van der Waals surface area contributed by atoms with Crippen molar-refractivity contribution in [3.63, 3.8) is 0 Å². The van der Waals surface area contributed by atoms with Gasteiger partial charge in [-0.3, -0.25) is 4.79 Å². The number of nitrogens with zero attached hydrogens (tertiary/aromatic N) is 2. The van der Waals surface area contributed by atoms with E-state index in [9.17, 15) is 4.79 Å².